The molecule has 22 heavy (non-hydrogen) atoms. The zero-order valence-electron chi connectivity index (χ0n) is 12.3. The number of nitrogens with zero attached hydrogens (tertiary/aromatic N) is 1. The van der Waals surface area contributed by atoms with Gasteiger partial charge in [-0.15, -0.1) is 0 Å². The molecule has 0 amide bonds. The van der Waals surface area contributed by atoms with Crippen molar-refractivity contribution in [2.45, 2.75) is 13.3 Å². The summed E-state index contributed by atoms with van der Waals surface area (Å²) in [6.45, 7) is 2.40. The van der Waals surface area contributed by atoms with Gasteiger partial charge in [0, 0.05) is 17.4 Å². The Morgan fingerprint density at radius 2 is 2.14 bits per heavy atom. The Hall–Kier alpha value is -2.07. The third-order valence-electron chi connectivity index (χ3n) is 3.15. The van der Waals surface area contributed by atoms with Crippen LogP contribution in [0.25, 0.3) is 6.08 Å². The van der Waals surface area contributed by atoms with Crippen molar-refractivity contribution in [1.82, 2.24) is 0 Å². The number of carbonyl (C=O) groups is 2. The summed E-state index contributed by atoms with van der Waals surface area (Å²) in [5, 5.41) is 0. The molecule has 1 aromatic rings. The maximum absolute atomic E-state index is 12.4. The summed E-state index contributed by atoms with van der Waals surface area (Å²) in [5.41, 5.74) is 1.48. The molecule has 0 saturated heterocycles. The Kier molecular flexibility index (Phi) is 5.78. The van der Waals surface area contributed by atoms with Crippen LogP contribution >= 0.6 is 15.9 Å². The first-order chi connectivity index (χ1) is 10.6. The quantitative estimate of drug-likeness (QED) is 0.604. The summed E-state index contributed by atoms with van der Waals surface area (Å²) in [5.74, 6) is -0.593. The Balaban J connectivity index is 2.23. The lowest BCUT2D eigenvalue weighted by atomic mass is 10.0. The Bertz CT molecular complexity index is 712. The third kappa shape index (κ3) is 3.98. The zero-order chi connectivity index (χ0) is 15.9. The van der Waals surface area contributed by atoms with E-state index in [0.717, 1.165) is 10.0 Å². The topological polar surface area (TPSA) is 46.5 Å². The van der Waals surface area contributed by atoms with Crippen LogP contribution in [0.2, 0.25) is 0 Å². The SMILES string of the molecule is CCN=C1CC=CC=C(C(=O)/C=C/c2ccccc2Br)C1=O. The number of allylic oxidation sites excluding steroid dienone is 5. The van der Waals surface area contributed by atoms with E-state index in [0.29, 0.717) is 18.7 Å². The van der Waals surface area contributed by atoms with Crippen LogP contribution in [0.3, 0.4) is 0 Å². The molecule has 1 aliphatic carbocycles. The van der Waals surface area contributed by atoms with E-state index in [-0.39, 0.29) is 17.1 Å². The van der Waals surface area contributed by atoms with E-state index >= 15 is 0 Å². The zero-order valence-corrected chi connectivity index (χ0v) is 13.8. The van der Waals surface area contributed by atoms with Crippen molar-refractivity contribution in [2.75, 3.05) is 6.54 Å². The molecule has 1 aromatic carbocycles. The first kappa shape index (κ1) is 16.3. The molecule has 0 N–H and O–H groups in total. The van der Waals surface area contributed by atoms with Gasteiger partial charge in [-0.2, -0.15) is 0 Å². The fourth-order valence-corrected chi connectivity index (χ4v) is 2.47. The van der Waals surface area contributed by atoms with E-state index in [9.17, 15) is 9.59 Å². The molecule has 0 bridgehead atoms. The monoisotopic (exact) mass is 357 g/mol. The minimum atomic E-state index is -0.309. The highest BCUT2D eigenvalue weighted by molar-refractivity contribution is 9.10. The average Bonchev–Trinajstić information content (AvgIpc) is 2.69. The van der Waals surface area contributed by atoms with Crippen LogP contribution in [0.5, 0.6) is 0 Å². The minimum absolute atomic E-state index is 0.157. The number of hydrogen-bond acceptors (Lipinski definition) is 3. The second-order valence-corrected chi connectivity index (χ2v) is 5.54. The maximum atomic E-state index is 12.4. The van der Waals surface area contributed by atoms with Gasteiger partial charge >= 0.3 is 0 Å². The lowest BCUT2D eigenvalue weighted by molar-refractivity contribution is -0.116. The first-order valence-electron chi connectivity index (χ1n) is 7.05. The van der Waals surface area contributed by atoms with Gasteiger partial charge in [0.1, 0.15) is 0 Å². The van der Waals surface area contributed by atoms with Crippen LogP contribution in [0.15, 0.2) is 63.6 Å². The number of aliphatic imine (C=N–C) groups is 1. The summed E-state index contributed by atoms with van der Waals surface area (Å²) < 4.78 is 0.897. The van der Waals surface area contributed by atoms with Crippen molar-refractivity contribution in [3.8, 4) is 0 Å². The predicted molar refractivity (Wildman–Crippen MR) is 93.0 cm³/mol. The molecule has 2 rings (SSSR count). The third-order valence-corrected chi connectivity index (χ3v) is 3.87. The molecule has 1 aliphatic rings. The number of Topliss-reactive ketones (excluding diaryl/α,β-unsaturated/α-hetero) is 1. The highest BCUT2D eigenvalue weighted by Gasteiger charge is 2.21. The molecule has 0 aromatic heterocycles. The van der Waals surface area contributed by atoms with Gasteiger partial charge in [-0.25, -0.2) is 0 Å². The highest BCUT2D eigenvalue weighted by Crippen LogP contribution is 2.18. The van der Waals surface area contributed by atoms with E-state index in [1.165, 1.54) is 6.08 Å². The molecule has 0 radical (unpaired) electrons. The number of carbonyl (C=O) groups excluding carboxylic acids is 2. The Morgan fingerprint density at radius 3 is 2.86 bits per heavy atom. The molecule has 0 spiro atoms. The number of ketones is 2. The highest BCUT2D eigenvalue weighted by atomic mass is 79.9. The number of hydrogen-bond donors (Lipinski definition) is 0. The van der Waals surface area contributed by atoms with Crippen molar-refractivity contribution >= 4 is 39.3 Å². The van der Waals surface area contributed by atoms with Crippen molar-refractivity contribution in [2.24, 2.45) is 4.99 Å². The Labute approximate surface area is 138 Å². The molecule has 0 atom stereocenters. The minimum Gasteiger partial charge on any atom is -0.289 e. The van der Waals surface area contributed by atoms with E-state index in [4.69, 9.17) is 0 Å². The largest absolute Gasteiger partial charge is 0.289 e. The van der Waals surface area contributed by atoms with Gasteiger partial charge in [0.15, 0.2) is 5.78 Å². The molecule has 0 aliphatic heterocycles. The lowest BCUT2D eigenvalue weighted by Crippen LogP contribution is -2.20. The maximum Gasteiger partial charge on any atom is 0.210 e. The molecule has 0 saturated carbocycles. The Morgan fingerprint density at radius 1 is 1.36 bits per heavy atom. The first-order valence-corrected chi connectivity index (χ1v) is 7.84. The van der Waals surface area contributed by atoms with E-state index in [1.54, 1.807) is 18.2 Å². The number of rotatable bonds is 4. The van der Waals surface area contributed by atoms with Crippen molar-refractivity contribution in [1.29, 1.82) is 0 Å². The molecule has 112 valence electrons. The van der Waals surface area contributed by atoms with Crippen LogP contribution < -0.4 is 0 Å². The smallest absolute Gasteiger partial charge is 0.210 e. The lowest BCUT2D eigenvalue weighted by Gasteiger charge is -2.03. The average molecular weight is 358 g/mol. The van der Waals surface area contributed by atoms with Crippen LogP contribution in [0.1, 0.15) is 18.9 Å². The normalized spacial score (nSPS) is 16.9. The number of benzene rings is 1. The van der Waals surface area contributed by atoms with Gasteiger partial charge in [0.25, 0.3) is 0 Å². The molecule has 0 fully saturated rings. The molecule has 4 heteroatoms. The molecular formula is C18H16BrNO2. The van der Waals surface area contributed by atoms with Crippen LogP contribution in [0, 0.1) is 0 Å². The fourth-order valence-electron chi connectivity index (χ4n) is 2.05. The standard InChI is InChI=1S/C18H16BrNO2/c1-2-20-16-10-6-4-8-14(18(16)22)17(21)12-11-13-7-3-5-9-15(13)19/h3-9,11-12H,2,10H2,1H3/b12-11+,20-16?. The van der Waals surface area contributed by atoms with Crippen molar-refractivity contribution in [3.63, 3.8) is 0 Å². The molecule has 0 unspecified atom stereocenters. The molecule has 0 heterocycles. The van der Waals surface area contributed by atoms with Crippen LogP contribution in [-0.2, 0) is 9.59 Å². The van der Waals surface area contributed by atoms with Crippen molar-refractivity contribution < 1.29 is 9.59 Å². The van der Waals surface area contributed by atoms with Gasteiger partial charge in [0.2, 0.25) is 5.78 Å². The summed E-state index contributed by atoms with van der Waals surface area (Å²) >= 11 is 3.42. The summed E-state index contributed by atoms with van der Waals surface area (Å²) in [6, 6.07) is 7.58. The van der Waals surface area contributed by atoms with E-state index in [2.05, 4.69) is 20.9 Å². The van der Waals surface area contributed by atoms with Gasteiger partial charge in [0.05, 0.1) is 11.3 Å². The second-order valence-electron chi connectivity index (χ2n) is 4.68. The van der Waals surface area contributed by atoms with E-state index < -0.39 is 0 Å². The van der Waals surface area contributed by atoms with Gasteiger partial charge in [-0.3, -0.25) is 14.6 Å². The second kappa shape index (κ2) is 7.80. The number of halogens is 1. The van der Waals surface area contributed by atoms with Gasteiger partial charge in [-0.1, -0.05) is 46.3 Å². The van der Waals surface area contributed by atoms with Crippen LogP contribution in [-0.4, -0.2) is 23.8 Å². The summed E-state index contributed by atoms with van der Waals surface area (Å²) in [6.07, 6.45) is 8.72. The van der Waals surface area contributed by atoms with Gasteiger partial charge in [-0.05, 0) is 36.8 Å². The van der Waals surface area contributed by atoms with Crippen molar-refractivity contribution in [3.05, 3.63) is 64.2 Å². The fraction of sp³-hybridized carbons (Fsp3) is 0.167. The summed E-state index contributed by atoms with van der Waals surface area (Å²) in [7, 11) is 0. The van der Waals surface area contributed by atoms with Gasteiger partial charge < -0.3 is 0 Å². The summed E-state index contributed by atoms with van der Waals surface area (Å²) in [4.78, 5) is 28.8. The van der Waals surface area contributed by atoms with Crippen LogP contribution in [0.4, 0.5) is 0 Å². The van der Waals surface area contributed by atoms with E-state index in [1.807, 2.05) is 37.3 Å². The molecule has 3 nitrogen and oxygen atoms in total. The molecular weight excluding hydrogens is 342 g/mol. The predicted octanol–water partition coefficient (Wildman–Crippen LogP) is 3.95.